The summed E-state index contributed by atoms with van der Waals surface area (Å²) in [6, 6.07) is 14.7. The monoisotopic (exact) mass is 483 g/mol. The van der Waals surface area contributed by atoms with Crippen LogP contribution in [0.2, 0.25) is 5.02 Å². The predicted molar refractivity (Wildman–Crippen MR) is 126 cm³/mol. The fourth-order valence-corrected chi connectivity index (χ4v) is 5.09. The molecule has 1 atom stereocenters. The predicted octanol–water partition coefficient (Wildman–Crippen LogP) is 3.90. The van der Waals surface area contributed by atoms with E-state index in [4.69, 9.17) is 21.1 Å². The lowest BCUT2D eigenvalue weighted by Gasteiger charge is -2.37. The van der Waals surface area contributed by atoms with Crippen LogP contribution in [0.1, 0.15) is 15.4 Å². The number of aryl methyl sites for hydroxylation is 1. The highest BCUT2D eigenvalue weighted by Crippen LogP contribution is 2.32. The lowest BCUT2D eigenvalue weighted by molar-refractivity contribution is -0.142. The number of ether oxygens (including phenoxy) is 2. The number of fused-ring (bicyclic) bond motifs is 1. The molecule has 7 nitrogen and oxygen atoms in total. The maximum absolute atomic E-state index is 13.2. The highest BCUT2D eigenvalue weighted by molar-refractivity contribution is 7.17. The van der Waals surface area contributed by atoms with E-state index in [1.807, 2.05) is 49.4 Å². The SMILES string of the molecule is Cc1nc(-c2ccc(Cl)cc2)sc1C(=O)N1CCN(C(=O)[C@H]2COc3ccccc3O2)CC1. The van der Waals surface area contributed by atoms with Crippen molar-refractivity contribution in [1.29, 1.82) is 0 Å². The Morgan fingerprint density at radius 2 is 1.67 bits per heavy atom. The molecule has 170 valence electrons. The Hall–Kier alpha value is -3.10. The summed E-state index contributed by atoms with van der Waals surface area (Å²) >= 11 is 7.35. The van der Waals surface area contributed by atoms with Crippen LogP contribution in [0.25, 0.3) is 10.6 Å². The van der Waals surface area contributed by atoms with E-state index in [9.17, 15) is 9.59 Å². The largest absolute Gasteiger partial charge is 0.485 e. The fraction of sp³-hybridized carbons (Fsp3) is 0.292. The van der Waals surface area contributed by atoms with Crippen LogP contribution in [0.5, 0.6) is 11.5 Å². The van der Waals surface area contributed by atoms with Gasteiger partial charge in [0.1, 0.15) is 16.5 Å². The lowest BCUT2D eigenvalue weighted by Crippen LogP contribution is -2.55. The van der Waals surface area contributed by atoms with E-state index in [2.05, 4.69) is 4.98 Å². The highest BCUT2D eigenvalue weighted by atomic mass is 35.5. The van der Waals surface area contributed by atoms with Crippen LogP contribution in [0.3, 0.4) is 0 Å². The number of amides is 2. The van der Waals surface area contributed by atoms with Crippen molar-refractivity contribution in [3.8, 4) is 22.1 Å². The van der Waals surface area contributed by atoms with Crippen molar-refractivity contribution in [2.45, 2.75) is 13.0 Å². The van der Waals surface area contributed by atoms with Crippen LogP contribution in [0.15, 0.2) is 48.5 Å². The van der Waals surface area contributed by atoms with Crippen molar-refractivity contribution in [2.24, 2.45) is 0 Å². The topological polar surface area (TPSA) is 72.0 Å². The van der Waals surface area contributed by atoms with Crippen molar-refractivity contribution >= 4 is 34.8 Å². The van der Waals surface area contributed by atoms with Gasteiger partial charge in [0.15, 0.2) is 11.5 Å². The molecule has 5 rings (SSSR count). The van der Waals surface area contributed by atoms with Gasteiger partial charge in [-0.1, -0.05) is 35.9 Å². The number of nitrogens with zero attached hydrogens (tertiary/aromatic N) is 3. The normalized spacial score (nSPS) is 17.7. The summed E-state index contributed by atoms with van der Waals surface area (Å²) in [7, 11) is 0. The van der Waals surface area contributed by atoms with Crippen LogP contribution >= 0.6 is 22.9 Å². The van der Waals surface area contributed by atoms with Crippen molar-refractivity contribution in [2.75, 3.05) is 32.8 Å². The molecule has 0 radical (unpaired) electrons. The Morgan fingerprint density at radius 3 is 2.39 bits per heavy atom. The van der Waals surface area contributed by atoms with Crippen molar-refractivity contribution in [3.63, 3.8) is 0 Å². The fourth-order valence-electron chi connectivity index (χ4n) is 3.93. The summed E-state index contributed by atoms with van der Waals surface area (Å²) in [5.74, 6) is 1.06. The van der Waals surface area contributed by atoms with Crippen LogP contribution in [0.4, 0.5) is 0 Å². The number of carbonyl (C=O) groups excluding carboxylic acids is 2. The second-order valence-corrected chi connectivity index (χ2v) is 9.36. The molecule has 3 heterocycles. The summed E-state index contributed by atoms with van der Waals surface area (Å²) in [5, 5.41) is 1.45. The molecule has 2 aliphatic rings. The third-order valence-corrected chi connectivity index (χ3v) is 7.19. The summed E-state index contributed by atoms with van der Waals surface area (Å²) in [4.78, 5) is 34.8. The number of piperazine rings is 1. The molecule has 0 unspecified atom stereocenters. The van der Waals surface area contributed by atoms with Gasteiger partial charge in [0.2, 0.25) is 6.10 Å². The van der Waals surface area contributed by atoms with E-state index in [1.165, 1.54) is 11.3 Å². The van der Waals surface area contributed by atoms with Gasteiger partial charge in [-0.05, 0) is 31.2 Å². The number of para-hydroxylation sites is 2. The zero-order valence-electron chi connectivity index (χ0n) is 18.0. The average Bonchev–Trinajstić information content (AvgIpc) is 3.24. The molecule has 1 fully saturated rings. The number of carbonyl (C=O) groups is 2. The average molecular weight is 484 g/mol. The Balaban J connectivity index is 1.21. The molecular formula is C24H22ClN3O4S. The minimum absolute atomic E-state index is 0.0523. The molecule has 1 aromatic heterocycles. The van der Waals surface area contributed by atoms with E-state index < -0.39 is 6.10 Å². The quantitative estimate of drug-likeness (QED) is 0.565. The van der Waals surface area contributed by atoms with Gasteiger partial charge in [0.05, 0.1) is 5.69 Å². The highest BCUT2D eigenvalue weighted by Gasteiger charge is 2.34. The van der Waals surface area contributed by atoms with E-state index in [0.29, 0.717) is 53.3 Å². The van der Waals surface area contributed by atoms with E-state index in [1.54, 1.807) is 15.9 Å². The number of halogens is 1. The lowest BCUT2D eigenvalue weighted by atomic mass is 10.2. The van der Waals surface area contributed by atoms with Crippen LogP contribution in [-0.4, -0.2) is 65.5 Å². The van der Waals surface area contributed by atoms with Gasteiger partial charge in [-0.15, -0.1) is 11.3 Å². The zero-order chi connectivity index (χ0) is 22.9. The minimum Gasteiger partial charge on any atom is -0.485 e. The summed E-state index contributed by atoms with van der Waals surface area (Å²) in [6.07, 6.45) is -0.673. The molecule has 2 aliphatic heterocycles. The number of hydrogen-bond acceptors (Lipinski definition) is 6. The van der Waals surface area contributed by atoms with E-state index in [-0.39, 0.29) is 18.4 Å². The standard InChI is InChI=1S/C24H22ClN3O4S/c1-15-21(33-22(26-15)16-6-8-17(25)9-7-16)24(30)28-12-10-27(11-13-28)23(29)20-14-31-18-4-2-3-5-19(18)32-20/h2-9,20H,10-14H2,1H3/t20-/m1/s1. The van der Waals surface area contributed by atoms with Gasteiger partial charge in [0, 0.05) is 36.8 Å². The molecule has 2 aromatic carbocycles. The van der Waals surface area contributed by atoms with Gasteiger partial charge in [-0.3, -0.25) is 9.59 Å². The number of rotatable bonds is 3. The van der Waals surface area contributed by atoms with Crippen molar-refractivity contribution < 1.29 is 19.1 Å². The molecule has 0 spiro atoms. The first kappa shape index (κ1) is 21.7. The van der Waals surface area contributed by atoms with Crippen LogP contribution in [0, 0.1) is 6.92 Å². The number of benzene rings is 2. The summed E-state index contributed by atoms with van der Waals surface area (Å²) in [5.41, 5.74) is 1.64. The molecule has 1 saturated heterocycles. The molecular weight excluding hydrogens is 462 g/mol. The van der Waals surface area contributed by atoms with Gasteiger partial charge in [0.25, 0.3) is 11.8 Å². The molecule has 0 saturated carbocycles. The zero-order valence-corrected chi connectivity index (χ0v) is 19.6. The summed E-state index contributed by atoms with van der Waals surface area (Å²) in [6.45, 7) is 3.86. The number of thiazole rings is 1. The molecule has 3 aromatic rings. The maximum Gasteiger partial charge on any atom is 0.267 e. The third-order valence-electron chi connectivity index (χ3n) is 5.74. The molecule has 0 N–H and O–H groups in total. The van der Waals surface area contributed by atoms with Gasteiger partial charge in [-0.25, -0.2) is 4.98 Å². The first-order valence-electron chi connectivity index (χ1n) is 10.7. The van der Waals surface area contributed by atoms with Gasteiger partial charge in [-0.2, -0.15) is 0 Å². The Kier molecular flexibility index (Phi) is 5.95. The first-order valence-corrected chi connectivity index (χ1v) is 11.9. The summed E-state index contributed by atoms with van der Waals surface area (Å²) < 4.78 is 11.5. The molecule has 0 bridgehead atoms. The number of hydrogen-bond donors (Lipinski definition) is 0. The Labute approximate surface area is 200 Å². The molecule has 9 heteroatoms. The second kappa shape index (κ2) is 9.03. The smallest absolute Gasteiger partial charge is 0.267 e. The second-order valence-electron chi connectivity index (χ2n) is 7.92. The number of aromatic nitrogens is 1. The van der Waals surface area contributed by atoms with Crippen LogP contribution < -0.4 is 9.47 Å². The Bertz CT molecular complexity index is 1190. The van der Waals surface area contributed by atoms with Crippen molar-refractivity contribution in [3.05, 3.63) is 64.1 Å². The maximum atomic E-state index is 13.2. The minimum atomic E-state index is -0.673. The van der Waals surface area contributed by atoms with E-state index >= 15 is 0 Å². The van der Waals surface area contributed by atoms with Crippen molar-refractivity contribution in [1.82, 2.24) is 14.8 Å². The first-order chi connectivity index (χ1) is 16.0. The van der Waals surface area contributed by atoms with E-state index in [0.717, 1.165) is 10.6 Å². The van der Waals surface area contributed by atoms with Crippen LogP contribution in [-0.2, 0) is 4.79 Å². The van der Waals surface area contributed by atoms with Gasteiger partial charge < -0.3 is 19.3 Å². The third kappa shape index (κ3) is 4.41. The molecule has 0 aliphatic carbocycles. The molecule has 33 heavy (non-hydrogen) atoms. The Morgan fingerprint density at radius 1 is 1.00 bits per heavy atom. The molecule has 2 amide bonds. The van der Waals surface area contributed by atoms with Gasteiger partial charge >= 0.3 is 0 Å².